The van der Waals surface area contributed by atoms with Crippen LogP contribution in [0.1, 0.15) is 64.7 Å². The van der Waals surface area contributed by atoms with Crippen LogP contribution in [0.15, 0.2) is 49.1 Å². The van der Waals surface area contributed by atoms with Gasteiger partial charge in [-0.05, 0) is 56.4 Å². The average molecular weight is 272 g/mol. The smallest absolute Gasteiger partial charge is 0.0279 e. The van der Waals surface area contributed by atoms with Gasteiger partial charge in [0.25, 0.3) is 0 Å². The number of hydrogen-bond donors (Lipinski definition) is 0. The third-order valence-electron chi connectivity index (χ3n) is 4.47. The van der Waals surface area contributed by atoms with E-state index >= 15 is 0 Å². The van der Waals surface area contributed by atoms with Gasteiger partial charge in [-0.25, -0.2) is 0 Å². The molecule has 0 aliphatic heterocycles. The van der Waals surface area contributed by atoms with Crippen molar-refractivity contribution >= 4 is 0 Å². The van der Waals surface area contributed by atoms with Crippen molar-refractivity contribution in [3.63, 3.8) is 0 Å². The van der Waals surface area contributed by atoms with Gasteiger partial charge < -0.3 is 0 Å². The molecule has 0 heterocycles. The quantitative estimate of drug-likeness (QED) is 0.238. The van der Waals surface area contributed by atoms with Crippen molar-refractivity contribution in [1.29, 1.82) is 0 Å². The first-order valence-electron chi connectivity index (χ1n) is 8.35. The Labute approximate surface area is 126 Å². The maximum Gasteiger partial charge on any atom is -0.0279 e. The summed E-state index contributed by atoms with van der Waals surface area (Å²) in [5, 5.41) is 0. The Morgan fingerprint density at radius 2 is 1.85 bits per heavy atom. The highest BCUT2D eigenvalue weighted by atomic mass is 14.3. The van der Waals surface area contributed by atoms with Gasteiger partial charge in [-0.1, -0.05) is 62.6 Å². The van der Waals surface area contributed by atoms with Gasteiger partial charge in [0.1, 0.15) is 0 Å². The lowest BCUT2D eigenvalue weighted by Crippen LogP contribution is -1.97. The zero-order valence-corrected chi connectivity index (χ0v) is 13.3. The van der Waals surface area contributed by atoms with E-state index in [2.05, 4.69) is 44.4 Å². The molecule has 1 fully saturated rings. The first-order chi connectivity index (χ1) is 9.80. The van der Waals surface area contributed by atoms with Gasteiger partial charge in [-0.2, -0.15) is 0 Å². The third kappa shape index (κ3) is 6.93. The standard InChI is InChI=1S/C20H32/c1-4-7-12-19-15-16-20(17-19)14-9-8-13-18(10-5-2)11-6-3/h4-6,10-11,19-20H,1-2,7-9,12-17H2,3H3/b11-6+,18-10+. The SMILES string of the molecule is C=C/C=C(\C=C\C)CCCCC1CCC(CCC=C)C1. The lowest BCUT2D eigenvalue weighted by molar-refractivity contribution is 0.434. The number of rotatable bonds is 10. The summed E-state index contributed by atoms with van der Waals surface area (Å²) in [5.41, 5.74) is 1.41. The molecule has 1 aliphatic rings. The molecule has 2 atom stereocenters. The molecule has 0 heteroatoms. The van der Waals surface area contributed by atoms with Gasteiger partial charge in [0.15, 0.2) is 0 Å². The molecule has 112 valence electrons. The highest BCUT2D eigenvalue weighted by molar-refractivity contribution is 5.22. The molecule has 0 aromatic rings. The van der Waals surface area contributed by atoms with Crippen LogP contribution in [0.5, 0.6) is 0 Å². The van der Waals surface area contributed by atoms with Crippen molar-refractivity contribution in [2.45, 2.75) is 64.7 Å². The van der Waals surface area contributed by atoms with Crippen LogP contribution in [0.25, 0.3) is 0 Å². The van der Waals surface area contributed by atoms with Gasteiger partial charge in [0.2, 0.25) is 0 Å². The second-order valence-corrected chi connectivity index (χ2v) is 6.13. The summed E-state index contributed by atoms with van der Waals surface area (Å²) in [5.74, 6) is 1.98. The first-order valence-corrected chi connectivity index (χ1v) is 8.35. The number of allylic oxidation sites excluding steroid dienone is 6. The van der Waals surface area contributed by atoms with E-state index in [1.165, 1.54) is 63.4 Å². The Balaban J connectivity index is 2.14. The summed E-state index contributed by atoms with van der Waals surface area (Å²) < 4.78 is 0. The number of hydrogen-bond acceptors (Lipinski definition) is 0. The molecule has 2 unspecified atom stereocenters. The monoisotopic (exact) mass is 272 g/mol. The zero-order chi connectivity index (χ0) is 14.6. The van der Waals surface area contributed by atoms with E-state index in [0.717, 1.165) is 11.8 Å². The van der Waals surface area contributed by atoms with Crippen molar-refractivity contribution in [3.05, 3.63) is 49.1 Å². The van der Waals surface area contributed by atoms with Gasteiger partial charge in [-0.15, -0.1) is 6.58 Å². The van der Waals surface area contributed by atoms with Crippen molar-refractivity contribution in [3.8, 4) is 0 Å². The van der Waals surface area contributed by atoms with Crippen LogP contribution in [-0.4, -0.2) is 0 Å². The summed E-state index contributed by atoms with van der Waals surface area (Å²) in [4.78, 5) is 0. The van der Waals surface area contributed by atoms with E-state index in [0.29, 0.717) is 0 Å². The summed E-state index contributed by atoms with van der Waals surface area (Å²) in [6, 6.07) is 0. The van der Waals surface area contributed by atoms with Gasteiger partial charge in [0, 0.05) is 0 Å². The average Bonchev–Trinajstić information content (AvgIpc) is 2.89. The maximum atomic E-state index is 3.83. The van der Waals surface area contributed by atoms with Crippen LogP contribution in [-0.2, 0) is 0 Å². The Hall–Kier alpha value is -1.04. The summed E-state index contributed by atoms with van der Waals surface area (Å²) >= 11 is 0. The number of unbranched alkanes of at least 4 members (excludes halogenated alkanes) is 1. The van der Waals surface area contributed by atoms with E-state index in [4.69, 9.17) is 0 Å². The van der Waals surface area contributed by atoms with Crippen molar-refractivity contribution in [2.24, 2.45) is 11.8 Å². The topological polar surface area (TPSA) is 0 Å². The Morgan fingerprint density at radius 3 is 2.50 bits per heavy atom. The van der Waals surface area contributed by atoms with Crippen LogP contribution < -0.4 is 0 Å². The third-order valence-corrected chi connectivity index (χ3v) is 4.47. The summed E-state index contributed by atoms with van der Waals surface area (Å²) in [6.45, 7) is 9.70. The Bertz CT molecular complexity index is 332. The molecule has 0 bridgehead atoms. The van der Waals surface area contributed by atoms with Crippen LogP contribution >= 0.6 is 0 Å². The molecule has 1 aliphatic carbocycles. The van der Waals surface area contributed by atoms with Gasteiger partial charge in [0.05, 0.1) is 0 Å². The molecular formula is C20H32. The molecular weight excluding hydrogens is 240 g/mol. The van der Waals surface area contributed by atoms with E-state index in [1.54, 1.807) is 0 Å². The van der Waals surface area contributed by atoms with Crippen LogP contribution in [0.2, 0.25) is 0 Å². The molecule has 0 amide bonds. The predicted molar refractivity (Wildman–Crippen MR) is 91.8 cm³/mol. The minimum Gasteiger partial charge on any atom is -0.103 e. The minimum atomic E-state index is 0.984. The molecule has 0 nitrogen and oxygen atoms in total. The van der Waals surface area contributed by atoms with Crippen LogP contribution in [0, 0.1) is 11.8 Å². The normalized spacial score (nSPS) is 23.4. The largest absolute Gasteiger partial charge is 0.103 e. The highest BCUT2D eigenvalue weighted by Gasteiger charge is 2.23. The highest BCUT2D eigenvalue weighted by Crippen LogP contribution is 2.36. The lowest BCUT2D eigenvalue weighted by atomic mass is 9.95. The molecule has 0 saturated heterocycles. The second-order valence-electron chi connectivity index (χ2n) is 6.13. The fourth-order valence-electron chi connectivity index (χ4n) is 3.41. The molecule has 0 radical (unpaired) electrons. The zero-order valence-electron chi connectivity index (χ0n) is 13.3. The fraction of sp³-hybridized carbons (Fsp3) is 0.600. The molecule has 1 saturated carbocycles. The molecule has 1 rings (SSSR count). The minimum absolute atomic E-state index is 0.984. The lowest BCUT2D eigenvalue weighted by Gasteiger charge is -2.10. The van der Waals surface area contributed by atoms with E-state index in [1.807, 2.05) is 6.08 Å². The van der Waals surface area contributed by atoms with Crippen LogP contribution in [0.3, 0.4) is 0 Å². The first kappa shape index (κ1) is 17.0. The summed E-state index contributed by atoms with van der Waals surface area (Å²) in [6.07, 6.45) is 22.7. The Morgan fingerprint density at radius 1 is 1.10 bits per heavy atom. The second kappa shape index (κ2) is 10.7. The van der Waals surface area contributed by atoms with Crippen molar-refractivity contribution in [1.82, 2.24) is 0 Å². The summed E-state index contributed by atoms with van der Waals surface area (Å²) in [7, 11) is 0. The van der Waals surface area contributed by atoms with E-state index in [9.17, 15) is 0 Å². The van der Waals surface area contributed by atoms with Crippen molar-refractivity contribution in [2.75, 3.05) is 0 Å². The van der Waals surface area contributed by atoms with Gasteiger partial charge in [-0.3, -0.25) is 0 Å². The molecule has 0 aromatic carbocycles. The van der Waals surface area contributed by atoms with Gasteiger partial charge >= 0.3 is 0 Å². The molecule has 0 aromatic heterocycles. The molecule has 20 heavy (non-hydrogen) atoms. The van der Waals surface area contributed by atoms with Crippen LogP contribution in [0.4, 0.5) is 0 Å². The van der Waals surface area contributed by atoms with Crippen molar-refractivity contribution < 1.29 is 0 Å². The van der Waals surface area contributed by atoms with E-state index < -0.39 is 0 Å². The molecule has 0 N–H and O–H groups in total. The fourth-order valence-corrected chi connectivity index (χ4v) is 3.41. The van der Waals surface area contributed by atoms with E-state index in [-0.39, 0.29) is 0 Å². The molecule has 0 spiro atoms. The predicted octanol–water partition coefficient (Wildman–Crippen LogP) is 6.62. The Kier molecular flexibility index (Phi) is 9.11. The maximum absolute atomic E-state index is 3.83.